The second kappa shape index (κ2) is 6.08. The molecule has 1 aromatic heterocycles. The third-order valence-corrected chi connectivity index (χ3v) is 3.04. The minimum absolute atomic E-state index is 0.126. The lowest BCUT2D eigenvalue weighted by Gasteiger charge is -2.16. The van der Waals surface area contributed by atoms with E-state index in [9.17, 15) is 8.78 Å². The molecule has 0 saturated carbocycles. The van der Waals surface area contributed by atoms with Crippen LogP contribution in [0.1, 0.15) is 17.3 Å². The number of hydrogen-bond acceptors (Lipinski definition) is 2. The number of rotatable bonds is 4. The van der Waals surface area contributed by atoms with Crippen molar-refractivity contribution < 1.29 is 8.78 Å². The lowest BCUT2D eigenvalue weighted by Crippen LogP contribution is -2.20. The Morgan fingerprint density at radius 3 is 2.42 bits per heavy atom. The predicted molar refractivity (Wildman–Crippen MR) is 71.1 cm³/mol. The third kappa shape index (κ3) is 3.72. The van der Waals surface area contributed by atoms with Gasteiger partial charge in [0.2, 0.25) is 0 Å². The fourth-order valence-electron chi connectivity index (χ4n) is 1.91. The highest BCUT2D eigenvalue weighted by molar-refractivity contribution is 6.30. The monoisotopic (exact) mass is 282 g/mol. The zero-order valence-electron chi connectivity index (χ0n) is 10.3. The molecule has 1 atom stereocenters. The van der Waals surface area contributed by atoms with Crippen LogP contribution in [-0.2, 0) is 6.42 Å². The van der Waals surface area contributed by atoms with Gasteiger partial charge in [0, 0.05) is 12.3 Å². The van der Waals surface area contributed by atoms with Crippen molar-refractivity contribution in [3.8, 4) is 0 Å². The molecule has 0 bridgehead atoms. The van der Waals surface area contributed by atoms with E-state index in [-0.39, 0.29) is 6.04 Å². The number of benzene rings is 1. The van der Waals surface area contributed by atoms with Gasteiger partial charge in [-0.1, -0.05) is 11.6 Å². The topological polar surface area (TPSA) is 24.9 Å². The molecule has 19 heavy (non-hydrogen) atoms. The van der Waals surface area contributed by atoms with Crippen LogP contribution in [0.4, 0.5) is 8.78 Å². The van der Waals surface area contributed by atoms with E-state index in [2.05, 4.69) is 10.3 Å². The van der Waals surface area contributed by atoms with E-state index in [0.717, 1.165) is 11.8 Å². The van der Waals surface area contributed by atoms with Crippen LogP contribution in [0.15, 0.2) is 36.5 Å². The highest BCUT2D eigenvalue weighted by Gasteiger charge is 2.12. The molecule has 1 heterocycles. The summed E-state index contributed by atoms with van der Waals surface area (Å²) >= 11 is 5.78. The van der Waals surface area contributed by atoms with Crippen LogP contribution in [0.5, 0.6) is 0 Å². The van der Waals surface area contributed by atoms with Crippen LogP contribution in [-0.4, -0.2) is 12.0 Å². The zero-order chi connectivity index (χ0) is 13.8. The molecule has 0 amide bonds. The SMILES string of the molecule is CNC(Cc1cc(F)cc(F)c1)c1ccc(Cl)cn1. The number of aromatic nitrogens is 1. The number of nitrogens with zero attached hydrogens (tertiary/aromatic N) is 1. The zero-order valence-corrected chi connectivity index (χ0v) is 11.1. The normalized spacial score (nSPS) is 12.4. The molecule has 0 aliphatic heterocycles. The van der Waals surface area contributed by atoms with Crippen molar-refractivity contribution in [2.75, 3.05) is 7.05 Å². The average molecular weight is 283 g/mol. The van der Waals surface area contributed by atoms with Crippen molar-refractivity contribution in [1.82, 2.24) is 10.3 Å². The summed E-state index contributed by atoms with van der Waals surface area (Å²) in [4.78, 5) is 4.21. The largest absolute Gasteiger partial charge is 0.311 e. The van der Waals surface area contributed by atoms with Crippen LogP contribution >= 0.6 is 11.6 Å². The van der Waals surface area contributed by atoms with E-state index in [1.54, 1.807) is 25.4 Å². The van der Waals surface area contributed by atoms with E-state index in [4.69, 9.17) is 11.6 Å². The molecule has 5 heteroatoms. The lowest BCUT2D eigenvalue weighted by molar-refractivity contribution is 0.555. The van der Waals surface area contributed by atoms with Crippen LogP contribution in [0.25, 0.3) is 0 Å². The Bertz CT molecular complexity index is 538. The summed E-state index contributed by atoms with van der Waals surface area (Å²) in [6.45, 7) is 0. The second-order valence-electron chi connectivity index (χ2n) is 4.22. The molecule has 0 aliphatic rings. The standard InChI is InChI=1S/C14H13ClF2N2/c1-18-14(13-3-2-10(15)8-19-13)6-9-4-11(16)7-12(17)5-9/h2-5,7-8,14,18H,6H2,1H3. The summed E-state index contributed by atoms with van der Waals surface area (Å²) < 4.78 is 26.3. The molecule has 0 saturated heterocycles. The van der Waals surface area contributed by atoms with Crippen LogP contribution in [0, 0.1) is 11.6 Å². The fraction of sp³-hybridized carbons (Fsp3) is 0.214. The summed E-state index contributed by atoms with van der Waals surface area (Å²) in [5.41, 5.74) is 1.35. The van der Waals surface area contributed by atoms with E-state index in [1.807, 2.05) is 0 Å². The van der Waals surface area contributed by atoms with Gasteiger partial charge < -0.3 is 5.32 Å². The minimum Gasteiger partial charge on any atom is -0.311 e. The van der Waals surface area contributed by atoms with Crippen LogP contribution in [0.2, 0.25) is 5.02 Å². The minimum atomic E-state index is -0.575. The molecule has 0 radical (unpaired) electrons. The Balaban J connectivity index is 2.21. The maximum atomic E-state index is 13.1. The molecular weight excluding hydrogens is 270 g/mol. The van der Waals surface area contributed by atoms with Gasteiger partial charge >= 0.3 is 0 Å². The predicted octanol–water partition coefficient (Wildman–Crippen LogP) is 3.52. The lowest BCUT2D eigenvalue weighted by atomic mass is 10.0. The Morgan fingerprint density at radius 1 is 1.21 bits per heavy atom. The van der Waals surface area contributed by atoms with Crippen molar-refractivity contribution >= 4 is 11.6 Å². The van der Waals surface area contributed by atoms with Crippen molar-refractivity contribution in [2.45, 2.75) is 12.5 Å². The molecule has 1 N–H and O–H groups in total. The first-order chi connectivity index (χ1) is 9.08. The summed E-state index contributed by atoms with van der Waals surface area (Å²) in [6.07, 6.45) is 1.99. The van der Waals surface area contributed by atoms with Gasteiger partial charge in [-0.05, 0) is 43.3 Å². The number of nitrogens with one attached hydrogen (secondary N) is 1. The summed E-state index contributed by atoms with van der Waals surface area (Å²) in [6, 6.07) is 6.91. The molecule has 100 valence electrons. The van der Waals surface area contributed by atoms with Gasteiger partial charge in [-0.2, -0.15) is 0 Å². The van der Waals surface area contributed by atoms with Gasteiger partial charge in [0.15, 0.2) is 0 Å². The molecule has 2 rings (SSSR count). The van der Waals surface area contributed by atoms with E-state index in [1.165, 1.54) is 12.1 Å². The van der Waals surface area contributed by atoms with E-state index in [0.29, 0.717) is 17.0 Å². The molecule has 2 aromatic rings. The number of likely N-dealkylation sites (N-methyl/N-ethyl adjacent to an activating group) is 1. The van der Waals surface area contributed by atoms with E-state index >= 15 is 0 Å². The third-order valence-electron chi connectivity index (χ3n) is 2.82. The molecule has 1 unspecified atom stereocenters. The van der Waals surface area contributed by atoms with Gasteiger partial charge in [-0.25, -0.2) is 8.78 Å². The van der Waals surface area contributed by atoms with Gasteiger partial charge in [-0.15, -0.1) is 0 Å². The molecule has 0 spiro atoms. The molecule has 2 nitrogen and oxygen atoms in total. The van der Waals surface area contributed by atoms with E-state index < -0.39 is 11.6 Å². The van der Waals surface area contributed by atoms with Crippen molar-refractivity contribution in [3.05, 3.63) is 64.4 Å². The Hall–Kier alpha value is -1.52. The molecule has 1 aromatic carbocycles. The van der Waals surface area contributed by atoms with Gasteiger partial charge in [0.1, 0.15) is 11.6 Å². The first-order valence-electron chi connectivity index (χ1n) is 5.82. The Labute approximate surface area is 115 Å². The summed E-state index contributed by atoms with van der Waals surface area (Å²) in [5, 5.41) is 3.63. The molecular formula is C14H13ClF2N2. The van der Waals surface area contributed by atoms with Gasteiger partial charge in [-0.3, -0.25) is 4.98 Å². The summed E-state index contributed by atoms with van der Waals surface area (Å²) in [7, 11) is 1.77. The maximum absolute atomic E-state index is 13.1. The van der Waals surface area contributed by atoms with Crippen molar-refractivity contribution in [2.24, 2.45) is 0 Å². The van der Waals surface area contributed by atoms with Crippen LogP contribution < -0.4 is 5.32 Å². The fourth-order valence-corrected chi connectivity index (χ4v) is 2.02. The summed E-state index contributed by atoms with van der Waals surface area (Å²) in [5.74, 6) is -1.15. The quantitative estimate of drug-likeness (QED) is 0.928. The van der Waals surface area contributed by atoms with Gasteiger partial charge in [0.05, 0.1) is 16.8 Å². The van der Waals surface area contributed by atoms with Crippen molar-refractivity contribution in [3.63, 3.8) is 0 Å². The highest BCUT2D eigenvalue weighted by atomic mass is 35.5. The number of halogens is 3. The molecule has 0 aliphatic carbocycles. The molecule has 0 fully saturated rings. The first kappa shape index (κ1) is 13.9. The highest BCUT2D eigenvalue weighted by Crippen LogP contribution is 2.19. The first-order valence-corrected chi connectivity index (χ1v) is 6.20. The van der Waals surface area contributed by atoms with Crippen molar-refractivity contribution in [1.29, 1.82) is 0 Å². The maximum Gasteiger partial charge on any atom is 0.126 e. The van der Waals surface area contributed by atoms with Crippen LogP contribution in [0.3, 0.4) is 0 Å². The smallest absolute Gasteiger partial charge is 0.126 e. The average Bonchev–Trinajstić information content (AvgIpc) is 2.36. The van der Waals surface area contributed by atoms with Gasteiger partial charge in [0.25, 0.3) is 0 Å². The number of hydrogen-bond donors (Lipinski definition) is 1. The Morgan fingerprint density at radius 2 is 1.89 bits per heavy atom. The second-order valence-corrected chi connectivity index (χ2v) is 4.66. The number of pyridine rings is 1. The Kier molecular flexibility index (Phi) is 4.45.